The van der Waals surface area contributed by atoms with Crippen LogP contribution < -0.4 is 5.32 Å². The van der Waals surface area contributed by atoms with Gasteiger partial charge in [0.05, 0.1) is 0 Å². The van der Waals surface area contributed by atoms with Gasteiger partial charge in [-0.05, 0) is 18.4 Å². The highest BCUT2D eigenvalue weighted by atomic mass is 19.4. The molecule has 1 amide bonds. The van der Waals surface area contributed by atoms with Crippen molar-refractivity contribution in [1.82, 2.24) is 15.1 Å². The molecule has 21 heavy (non-hydrogen) atoms. The predicted octanol–water partition coefficient (Wildman–Crippen LogP) is 1.27. The van der Waals surface area contributed by atoms with Crippen LogP contribution in [0.5, 0.6) is 0 Å². The summed E-state index contributed by atoms with van der Waals surface area (Å²) in [5, 5.41) is 14.5. The zero-order chi connectivity index (χ0) is 15.6. The van der Waals surface area contributed by atoms with Crippen molar-refractivity contribution < 1.29 is 27.9 Å². The van der Waals surface area contributed by atoms with E-state index in [1.165, 1.54) is 0 Å². The highest BCUT2D eigenvalue weighted by Gasteiger charge is 2.34. The number of halogens is 3. The van der Waals surface area contributed by atoms with Gasteiger partial charge in [0.2, 0.25) is 5.91 Å². The SMILES string of the molecule is O=C(Cn1ccc(C(F)(F)F)n1)NC(CC1CC1)C(=O)O. The number of carbonyl (C=O) groups excluding carboxylic acids is 1. The van der Waals surface area contributed by atoms with Gasteiger partial charge in [-0.2, -0.15) is 18.3 Å². The second kappa shape index (κ2) is 5.74. The first-order valence-electron chi connectivity index (χ1n) is 6.38. The summed E-state index contributed by atoms with van der Waals surface area (Å²) in [6.07, 6.45) is -1.33. The van der Waals surface area contributed by atoms with Crippen LogP contribution in [0.25, 0.3) is 0 Å². The van der Waals surface area contributed by atoms with E-state index in [1.807, 2.05) is 0 Å². The van der Waals surface area contributed by atoms with Crippen LogP contribution in [0.4, 0.5) is 13.2 Å². The number of amides is 1. The Balaban J connectivity index is 1.90. The fraction of sp³-hybridized carbons (Fsp3) is 0.583. The number of rotatable bonds is 6. The molecule has 1 heterocycles. The Morgan fingerprint density at radius 2 is 2.14 bits per heavy atom. The lowest BCUT2D eigenvalue weighted by Crippen LogP contribution is -2.42. The predicted molar refractivity (Wildman–Crippen MR) is 64.1 cm³/mol. The van der Waals surface area contributed by atoms with Gasteiger partial charge < -0.3 is 10.4 Å². The minimum atomic E-state index is -4.57. The summed E-state index contributed by atoms with van der Waals surface area (Å²) in [6.45, 7) is -0.454. The lowest BCUT2D eigenvalue weighted by molar-refractivity contribution is -0.142. The van der Waals surface area contributed by atoms with Gasteiger partial charge in [-0.1, -0.05) is 12.8 Å². The van der Waals surface area contributed by atoms with Crippen LogP contribution >= 0.6 is 0 Å². The van der Waals surface area contributed by atoms with E-state index in [0.29, 0.717) is 12.3 Å². The molecule has 1 aliphatic rings. The third kappa shape index (κ3) is 4.47. The fourth-order valence-corrected chi connectivity index (χ4v) is 1.90. The van der Waals surface area contributed by atoms with Gasteiger partial charge in [-0.3, -0.25) is 9.48 Å². The van der Waals surface area contributed by atoms with Crippen LogP contribution in [0, 0.1) is 5.92 Å². The number of hydrogen-bond donors (Lipinski definition) is 2. The molecule has 0 aromatic carbocycles. The topological polar surface area (TPSA) is 84.2 Å². The van der Waals surface area contributed by atoms with Crippen LogP contribution in [-0.2, 0) is 22.3 Å². The number of hydrogen-bond acceptors (Lipinski definition) is 3. The van der Waals surface area contributed by atoms with Crippen molar-refractivity contribution in [3.05, 3.63) is 18.0 Å². The minimum Gasteiger partial charge on any atom is -0.480 e. The Kier molecular flexibility index (Phi) is 4.19. The monoisotopic (exact) mass is 305 g/mol. The highest BCUT2D eigenvalue weighted by molar-refractivity contribution is 5.83. The van der Waals surface area contributed by atoms with Crippen molar-refractivity contribution in [2.45, 2.75) is 38.0 Å². The number of aromatic nitrogens is 2. The van der Waals surface area contributed by atoms with Crippen LogP contribution in [0.15, 0.2) is 12.3 Å². The van der Waals surface area contributed by atoms with Gasteiger partial charge in [0.15, 0.2) is 5.69 Å². The first-order valence-corrected chi connectivity index (χ1v) is 6.38. The third-order valence-electron chi connectivity index (χ3n) is 3.14. The maximum Gasteiger partial charge on any atom is 0.435 e. The number of carboxylic acid groups (broad SMARTS) is 1. The lowest BCUT2D eigenvalue weighted by atomic mass is 10.1. The summed E-state index contributed by atoms with van der Waals surface area (Å²) >= 11 is 0. The molecule has 0 aliphatic heterocycles. The van der Waals surface area contributed by atoms with E-state index in [2.05, 4.69) is 10.4 Å². The Bertz CT molecular complexity index is 537. The first kappa shape index (κ1) is 15.3. The van der Waals surface area contributed by atoms with Crippen molar-refractivity contribution in [2.75, 3.05) is 0 Å². The molecule has 1 aliphatic carbocycles. The molecule has 2 N–H and O–H groups in total. The second-order valence-electron chi connectivity index (χ2n) is 5.03. The summed E-state index contributed by atoms with van der Waals surface area (Å²) in [5.74, 6) is -1.53. The average molecular weight is 305 g/mol. The van der Waals surface area contributed by atoms with E-state index in [-0.39, 0.29) is 0 Å². The zero-order valence-corrected chi connectivity index (χ0v) is 10.9. The van der Waals surface area contributed by atoms with Crippen molar-refractivity contribution in [2.24, 2.45) is 5.92 Å². The van der Waals surface area contributed by atoms with Gasteiger partial charge >= 0.3 is 12.1 Å². The number of alkyl halides is 3. The molecule has 0 saturated heterocycles. The molecule has 1 fully saturated rings. The van der Waals surface area contributed by atoms with Gasteiger partial charge in [-0.15, -0.1) is 0 Å². The van der Waals surface area contributed by atoms with E-state index in [0.717, 1.165) is 29.8 Å². The maximum absolute atomic E-state index is 12.4. The van der Waals surface area contributed by atoms with Crippen molar-refractivity contribution in [1.29, 1.82) is 0 Å². The lowest BCUT2D eigenvalue weighted by Gasteiger charge is -2.14. The van der Waals surface area contributed by atoms with Gasteiger partial charge in [-0.25, -0.2) is 4.79 Å². The quantitative estimate of drug-likeness (QED) is 0.829. The van der Waals surface area contributed by atoms with E-state index in [9.17, 15) is 22.8 Å². The molecule has 1 unspecified atom stereocenters. The van der Waals surface area contributed by atoms with Crippen molar-refractivity contribution in [3.8, 4) is 0 Å². The molecular weight excluding hydrogens is 291 g/mol. The molecular formula is C12H14F3N3O3. The number of nitrogens with zero attached hydrogens (tertiary/aromatic N) is 2. The van der Waals surface area contributed by atoms with E-state index < -0.39 is 36.3 Å². The molecule has 1 saturated carbocycles. The van der Waals surface area contributed by atoms with Crippen LogP contribution in [0.3, 0.4) is 0 Å². The number of nitrogens with one attached hydrogen (secondary N) is 1. The Hall–Kier alpha value is -2.06. The summed E-state index contributed by atoms with van der Waals surface area (Å²) in [6, 6.07) is -0.255. The molecule has 0 radical (unpaired) electrons. The molecule has 1 atom stereocenters. The zero-order valence-electron chi connectivity index (χ0n) is 10.9. The molecule has 6 nitrogen and oxygen atoms in total. The third-order valence-corrected chi connectivity index (χ3v) is 3.14. The van der Waals surface area contributed by atoms with Gasteiger partial charge in [0, 0.05) is 6.20 Å². The summed E-state index contributed by atoms with van der Waals surface area (Å²) in [5.41, 5.74) is -1.09. The summed E-state index contributed by atoms with van der Waals surface area (Å²) < 4.78 is 37.9. The smallest absolute Gasteiger partial charge is 0.435 e. The summed E-state index contributed by atoms with van der Waals surface area (Å²) in [4.78, 5) is 22.7. The summed E-state index contributed by atoms with van der Waals surface area (Å²) in [7, 11) is 0. The average Bonchev–Trinajstić information content (AvgIpc) is 3.03. The first-order chi connectivity index (χ1) is 9.75. The van der Waals surface area contributed by atoms with Gasteiger partial charge in [0.1, 0.15) is 12.6 Å². The van der Waals surface area contributed by atoms with Crippen molar-refractivity contribution in [3.63, 3.8) is 0 Å². The van der Waals surface area contributed by atoms with Crippen LogP contribution in [-0.4, -0.2) is 32.8 Å². The Morgan fingerprint density at radius 3 is 2.62 bits per heavy atom. The highest BCUT2D eigenvalue weighted by Crippen LogP contribution is 2.33. The van der Waals surface area contributed by atoms with E-state index >= 15 is 0 Å². The minimum absolute atomic E-state index is 0.299. The molecule has 1 aromatic rings. The van der Waals surface area contributed by atoms with Crippen LogP contribution in [0.1, 0.15) is 25.0 Å². The standard InChI is InChI=1S/C12H14F3N3O3/c13-12(14,15)9-3-4-18(17-9)6-10(19)16-8(11(20)21)5-7-1-2-7/h3-4,7-8H,1-2,5-6H2,(H,16,19)(H,20,21). The molecule has 9 heteroatoms. The Labute approximate surface area is 117 Å². The largest absolute Gasteiger partial charge is 0.480 e. The maximum atomic E-state index is 12.4. The molecule has 0 spiro atoms. The Morgan fingerprint density at radius 1 is 1.48 bits per heavy atom. The van der Waals surface area contributed by atoms with E-state index in [1.54, 1.807) is 0 Å². The van der Waals surface area contributed by atoms with Crippen molar-refractivity contribution >= 4 is 11.9 Å². The fourth-order valence-electron chi connectivity index (χ4n) is 1.90. The number of carboxylic acids is 1. The number of carbonyl (C=O) groups is 2. The molecule has 116 valence electrons. The number of aliphatic carboxylic acids is 1. The normalized spacial score (nSPS) is 16.5. The molecule has 2 rings (SSSR count). The van der Waals surface area contributed by atoms with E-state index in [4.69, 9.17) is 5.11 Å². The molecule has 1 aromatic heterocycles. The molecule has 0 bridgehead atoms. The second-order valence-corrected chi connectivity index (χ2v) is 5.03. The van der Waals surface area contributed by atoms with Gasteiger partial charge in [0.25, 0.3) is 0 Å². The van der Waals surface area contributed by atoms with Crippen LogP contribution in [0.2, 0.25) is 0 Å².